The zero-order valence-corrected chi connectivity index (χ0v) is 13.6. The number of carbonyl (C=O) groups excluding carboxylic acids is 2. The summed E-state index contributed by atoms with van der Waals surface area (Å²) < 4.78 is 13.4. The van der Waals surface area contributed by atoms with Gasteiger partial charge in [-0.15, -0.1) is 0 Å². The predicted octanol–water partition coefficient (Wildman–Crippen LogP) is 1.59. The number of pyridine rings is 1. The fourth-order valence-electron chi connectivity index (χ4n) is 2.87. The average Bonchev–Trinajstić information content (AvgIpc) is 3.05. The first kappa shape index (κ1) is 16.9. The number of nitrogens with one attached hydrogen (secondary N) is 2. The largest absolute Gasteiger partial charge is 0.350 e. The van der Waals surface area contributed by atoms with Crippen LogP contribution in [0.5, 0.6) is 0 Å². The van der Waals surface area contributed by atoms with Gasteiger partial charge >= 0.3 is 6.03 Å². The van der Waals surface area contributed by atoms with Crippen molar-refractivity contribution in [2.45, 2.75) is 12.5 Å². The van der Waals surface area contributed by atoms with Crippen LogP contribution in [0.25, 0.3) is 0 Å². The van der Waals surface area contributed by atoms with Crippen molar-refractivity contribution in [1.82, 2.24) is 20.5 Å². The summed E-state index contributed by atoms with van der Waals surface area (Å²) in [6.07, 6.45) is 3.54. The number of benzene rings is 1. The van der Waals surface area contributed by atoms with Crippen LogP contribution in [-0.4, -0.2) is 47.5 Å². The highest BCUT2D eigenvalue weighted by Crippen LogP contribution is 2.13. The first-order valence-corrected chi connectivity index (χ1v) is 8.10. The SMILES string of the molecule is O=C(NCC(Cc1cccc(F)c1)N1CCNC1=O)c1cccnc1. The highest BCUT2D eigenvalue weighted by atomic mass is 19.1. The maximum Gasteiger partial charge on any atom is 0.317 e. The van der Waals surface area contributed by atoms with Crippen LogP contribution in [0.4, 0.5) is 9.18 Å². The number of rotatable bonds is 6. The van der Waals surface area contributed by atoms with Crippen LogP contribution >= 0.6 is 0 Å². The van der Waals surface area contributed by atoms with Crippen molar-refractivity contribution in [3.8, 4) is 0 Å². The van der Waals surface area contributed by atoms with E-state index in [9.17, 15) is 14.0 Å². The molecule has 25 heavy (non-hydrogen) atoms. The molecule has 7 heteroatoms. The molecule has 0 saturated carbocycles. The van der Waals surface area contributed by atoms with Crippen molar-refractivity contribution < 1.29 is 14.0 Å². The van der Waals surface area contributed by atoms with E-state index in [4.69, 9.17) is 0 Å². The first-order chi connectivity index (χ1) is 12.1. The molecule has 1 fully saturated rings. The number of hydrogen-bond donors (Lipinski definition) is 2. The molecule has 1 aromatic heterocycles. The number of urea groups is 1. The van der Waals surface area contributed by atoms with Crippen molar-refractivity contribution >= 4 is 11.9 Å². The van der Waals surface area contributed by atoms with E-state index < -0.39 is 0 Å². The first-order valence-electron chi connectivity index (χ1n) is 8.10. The second-order valence-corrected chi connectivity index (χ2v) is 5.86. The molecule has 3 amide bonds. The number of amides is 3. The Morgan fingerprint density at radius 2 is 2.24 bits per heavy atom. The minimum absolute atomic E-state index is 0.169. The van der Waals surface area contributed by atoms with E-state index in [1.165, 1.54) is 18.3 Å². The quantitative estimate of drug-likeness (QED) is 0.837. The maximum absolute atomic E-state index is 13.4. The molecule has 2 aromatic rings. The Morgan fingerprint density at radius 3 is 2.92 bits per heavy atom. The van der Waals surface area contributed by atoms with Crippen LogP contribution < -0.4 is 10.6 Å². The van der Waals surface area contributed by atoms with Crippen molar-refractivity contribution in [3.05, 3.63) is 65.7 Å². The van der Waals surface area contributed by atoms with Gasteiger partial charge in [0.15, 0.2) is 0 Å². The molecule has 1 atom stereocenters. The molecule has 1 unspecified atom stereocenters. The molecule has 0 radical (unpaired) electrons. The Morgan fingerprint density at radius 1 is 1.36 bits per heavy atom. The molecule has 1 aliphatic heterocycles. The Labute approximate surface area is 145 Å². The third-order valence-electron chi connectivity index (χ3n) is 4.11. The molecule has 1 saturated heterocycles. The summed E-state index contributed by atoms with van der Waals surface area (Å²) in [6, 6.07) is 9.21. The van der Waals surface area contributed by atoms with Gasteiger partial charge in [0.05, 0.1) is 11.6 Å². The Balaban J connectivity index is 1.70. The molecule has 6 nitrogen and oxygen atoms in total. The van der Waals surface area contributed by atoms with Gasteiger partial charge in [0.25, 0.3) is 5.91 Å². The fraction of sp³-hybridized carbons (Fsp3) is 0.278. The molecular weight excluding hydrogens is 323 g/mol. The summed E-state index contributed by atoms with van der Waals surface area (Å²) in [5, 5.41) is 5.59. The number of nitrogens with zero attached hydrogens (tertiary/aromatic N) is 2. The number of hydrogen-bond acceptors (Lipinski definition) is 3. The Hall–Kier alpha value is -2.96. The minimum atomic E-state index is -0.318. The summed E-state index contributed by atoms with van der Waals surface area (Å²) in [7, 11) is 0. The smallest absolute Gasteiger partial charge is 0.317 e. The van der Waals surface area contributed by atoms with Gasteiger partial charge in [-0.2, -0.15) is 0 Å². The molecule has 3 rings (SSSR count). The molecule has 2 heterocycles. The van der Waals surface area contributed by atoms with E-state index in [-0.39, 0.29) is 30.3 Å². The molecule has 0 bridgehead atoms. The molecule has 1 aromatic carbocycles. The van der Waals surface area contributed by atoms with E-state index in [1.807, 2.05) is 6.07 Å². The van der Waals surface area contributed by atoms with Gasteiger partial charge in [-0.05, 0) is 36.2 Å². The summed E-state index contributed by atoms with van der Waals surface area (Å²) in [5.41, 5.74) is 1.23. The van der Waals surface area contributed by atoms with Crippen molar-refractivity contribution in [1.29, 1.82) is 0 Å². The second kappa shape index (κ2) is 7.74. The highest BCUT2D eigenvalue weighted by molar-refractivity contribution is 5.93. The van der Waals surface area contributed by atoms with Crippen molar-refractivity contribution in [3.63, 3.8) is 0 Å². The van der Waals surface area contributed by atoms with Crippen LogP contribution in [0.2, 0.25) is 0 Å². The van der Waals surface area contributed by atoms with Gasteiger partial charge < -0.3 is 15.5 Å². The van der Waals surface area contributed by atoms with Crippen LogP contribution in [-0.2, 0) is 6.42 Å². The minimum Gasteiger partial charge on any atom is -0.350 e. The van der Waals surface area contributed by atoms with Crippen LogP contribution in [0.15, 0.2) is 48.8 Å². The monoisotopic (exact) mass is 342 g/mol. The maximum atomic E-state index is 13.4. The molecular formula is C18H19FN4O2. The van der Waals surface area contributed by atoms with Gasteiger partial charge in [0.1, 0.15) is 5.82 Å². The van der Waals surface area contributed by atoms with Crippen LogP contribution in [0.3, 0.4) is 0 Å². The third-order valence-corrected chi connectivity index (χ3v) is 4.11. The molecule has 0 aliphatic carbocycles. The summed E-state index contributed by atoms with van der Waals surface area (Å²) >= 11 is 0. The summed E-state index contributed by atoms with van der Waals surface area (Å²) in [5.74, 6) is -0.571. The molecule has 1 aliphatic rings. The van der Waals surface area contributed by atoms with E-state index in [1.54, 1.807) is 29.3 Å². The number of aromatic nitrogens is 1. The lowest BCUT2D eigenvalue weighted by molar-refractivity contribution is 0.0940. The predicted molar refractivity (Wildman–Crippen MR) is 90.6 cm³/mol. The van der Waals surface area contributed by atoms with Gasteiger partial charge in [0.2, 0.25) is 0 Å². The van der Waals surface area contributed by atoms with Gasteiger partial charge in [-0.3, -0.25) is 9.78 Å². The van der Waals surface area contributed by atoms with E-state index >= 15 is 0 Å². The van der Waals surface area contributed by atoms with Crippen molar-refractivity contribution in [2.75, 3.05) is 19.6 Å². The van der Waals surface area contributed by atoms with Gasteiger partial charge in [-0.25, -0.2) is 9.18 Å². The Bertz CT molecular complexity index is 754. The number of carbonyl (C=O) groups is 2. The fourth-order valence-corrected chi connectivity index (χ4v) is 2.87. The lowest BCUT2D eigenvalue weighted by atomic mass is 10.0. The van der Waals surface area contributed by atoms with Crippen molar-refractivity contribution in [2.24, 2.45) is 0 Å². The second-order valence-electron chi connectivity index (χ2n) is 5.86. The normalized spacial score (nSPS) is 14.9. The van der Waals surface area contributed by atoms with Gasteiger partial charge in [-0.1, -0.05) is 12.1 Å². The standard InChI is InChI=1S/C18H19FN4O2/c19-15-5-1-3-13(9-15)10-16(23-8-7-21-18(23)25)12-22-17(24)14-4-2-6-20-11-14/h1-6,9,11,16H,7-8,10,12H2,(H,21,25)(H,22,24). The molecule has 130 valence electrons. The zero-order valence-electron chi connectivity index (χ0n) is 13.6. The summed E-state index contributed by atoms with van der Waals surface area (Å²) in [4.78, 5) is 29.8. The summed E-state index contributed by atoms with van der Waals surface area (Å²) in [6.45, 7) is 1.40. The Kier molecular flexibility index (Phi) is 5.23. The van der Waals surface area contributed by atoms with E-state index in [2.05, 4.69) is 15.6 Å². The van der Waals surface area contributed by atoms with Gasteiger partial charge in [0, 0.05) is 32.0 Å². The third kappa shape index (κ3) is 4.32. The zero-order chi connectivity index (χ0) is 17.6. The average molecular weight is 342 g/mol. The molecule has 2 N–H and O–H groups in total. The lowest BCUT2D eigenvalue weighted by Crippen LogP contribution is -2.46. The van der Waals surface area contributed by atoms with Crippen LogP contribution in [0.1, 0.15) is 15.9 Å². The van der Waals surface area contributed by atoms with E-state index in [0.717, 1.165) is 5.56 Å². The topological polar surface area (TPSA) is 74.3 Å². The highest BCUT2D eigenvalue weighted by Gasteiger charge is 2.28. The molecule has 0 spiro atoms. The van der Waals surface area contributed by atoms with E-state index in [0.29, 0.717) is 25.1 Å². The number of halogens is 1. The van der Waals surface area contributed by atoms with Crippen LogP contribution in [0, 0.1) is 5.82 Å². The lowest BCUT2D eigenvalue weighted by Gasteiger charge is -2.27.